The summed E-state index contributed by atoms with van der Waals surface area (Å²) >= 11 is 2.20. The highest BCUT2D eigenvalue weighted by molar-refractivity contribution is 14.1. The quantitative estimate of drug-likeness (QED) is 0.446. The molecule has 1 aromatic carbocycles. The van der Waals surface area contributed by atoms with Gasteiger partial charge in [0.2, 0.25) is 16.8 Å². The summed E-state index contributed by atoms with van der Waals surface area (Å²) in [6, 6.07) is 7.07. The van der Waals surface area contributed by atoms with Crippen molar-refractivity contribution < 1.29 is 27.1 Å². The molecule has 35 heavy (non-hydrogen) atoms. The monoisotopic (exact) mass is 614 g/mol. The molecule has 0 radical (unpaired) electrons. The van der Waals surface area contributed by atoms with Gasteiger partial charge < -0.3 is 14.4 Å². The van der Waals surface area contributed by atoms with Crippen molar-refractivity contribution in [1.82, 2.24) is 14.3 Å². The van der Waals surface area contributed by atoms with E-state index in [9.17, 15) is 17.6 Å². The molecular weight excluding hydrogens is 590 g/mol. The van der Waals surface area contributed by atoms with Crippen molar-refractivity contribution in [3.8, 4) is 11.5 Å². The lowest BCUT2D eigenvalue weighted by molar-refractivity contribution is 0.0982. The third-order valence-electron chi connectivity index (χ3n) is 6.19. The molecule has 0 aliphatic carbocycles. The summed E-state index contributed by atoms with van der Waals surface area (Å²) in [6.07, 6.45) is 2.21. The number of carbonyl (C=O) groups is 1. The van der Waals surface area contributed by atoms with E-state index in [2.05, 4.69) is 32.4 Å². The Hall–Kier alpha value is -2.61. The van der Waals surface area contributed by atoms with Gasteiger partial charge in [0, 0.05) is 34.0 Å². The molecular formula is C23H24FIN4O5S. The lowest BCUT2D eigenvalue weighted by atomic mass is 10.0. The highest BCUT2D eigenvalue weighted by Gasteiger charge is 2.37. The molecule has 2 aromatic heterocycles. The van der Waals surface area contributed by atoms with Gasteiger partial charge in [0.1, 0.15) is 6.17 Å². The number of alkyl halides is 1. The molecule has 12 heteroatoms. The fourth-order valence-electron chi connectivity index (χ4n) is 4.27. The van der Waals surface area contributed by atoms with E-state index in [1.807, 2.05) is 17.0 Å². The van der Waals surface area contributed by atoms with E-state index in [1.165, 1.54) is 31.5 Å². The fourth-order valence-corrected chi connectivity index (χ4v) is 5.55. The van der Waals surface area contributed by atoms with Crippen molar-refractivity contribution in [1.29, 1.82) is 0 Å². The van der Waals surface area contributed by atoms with Crippen LogP contribution in [0.25, 0.3) is 5.52 Å². The van der Waals surface area contributed by atoms with Crippen LogP contribution in [0.3, 0.4) is 0 Å². The molecule has 1 unspecified atom stereocenters. The van der Waals surface area contributed by atoms with Crippen LogP contribution in [-0.4, -0.2) is 48.2 Å². The summed E-state index contributed by atoms with van der Waals surface area (Å²) < 4.78 is 54.4. The summed E-state index contributed by atoms with van der Waals surface area (Å²) in [4.78, 5) is 14.8. The highest BCUT2D eigenvalue weighted by Crippen LogP contribution is 2.46. The molecule has 4 heterocycles. The number of sulfonamides is 1. The summed E-state index contributed by atoms with van der Waals surface area (Å²) in [7, 11) is -3.90. The maximum atomic E-state index is 14.7. The van der Waals surface area contributed by atoms with Gasteiger partial charge in [-0.2, -0.15) is 5.10 Å². The van der Waals surface area contributed by atoms with E-state index in [4.69, 9.17) is 9.47 Å². The lowest BCUT2D eigenvalue weighted by Crippen LogP contribution is -2.42. The third-order valence-corrected chi connectivity index (χ3v) is 8.88. The zero-order chi connectivity index (χ0) is 25.1. The average Bonchev–Trinajstić information content (AvgIpc) is 3.49. The molecule has 2 atom stereocenters. The van der Waals surface area contributed by atoms with E-state index in [0.29, 0.717) is 22.7 Å². The molecule has 1 amide bonds. The Morgan fingerprint density at radius 2 is 2.03 bits per heavy atom. The molecule has 3 aromatic rings. The van der Waals surface area contributed by atoms with E-state index in [0.717, 1.165) is 9.13 Å². The van der Waals surface area contributed by atoms with Crippen molar-refractivity contribution in [2.75, 3.05) is 18.2 Å². The Labute approximate surface area is 215 Å². The van der Waals surface area contributed by atoms with E-state index in [1.54, 1.807) is 18.3 Å². The standard InChI is InChI=1S/C23H24FIN4O5S/c1-23(2,3)35(31,32)27-22(30)17-10-26-29-5-4-15(9-19(17)29)28-11-13(24)6-18(28)16-7-14(25)8-20-21(16)34-12-33-20/h4-5,7-10,13,18H,6,11-12H2,1-3H3,(H,27,30)/t13-,18?/m0/s1. The molecule has 1 fully saturated rings. The van der Waals surface area contributed by atoms with E-state index < -0.39 is 26.8 Å². The number of fused-ring (bicyclic) bond motifs is 2. The van der Waals surface area contributed by atoms with Gasteiger partial charge in [-0.05, 0) is 67.6 Å². The number of nitrogens with one attached hydrogen (secondary N) is 1. The Balaban J connectivity index is 1.52. The molecule has 1 saturated heterocycles. The first-order valence-corrected chi connectivity index (χ1v) is 13.5. The van der Waals surface area contributed by atoms with Crippen LogP contribution in [0.4, 0.5) is 10.1 Å². The van der Waals surface area contributed by atoms with Gasteiger partial charge in [0.05, 0.1) is 28.1 Å². The van der Waals surface area contributed by atoms with Crippen LogP contribution in [0.2, 0.25) is 0 Å². The average molecular weight is 614 g/mol. The fraction of sp³-hybridized carbons (Fsp3) is 0.391. The number of ether oxygens (including phenoxy) is 2. The molecule has 1 N–H and O–H groups in total. The van der Waals surface area contributed by atoms with Crippen LogP contribution < -0.4 is 19.1 Å². The number of benzene rings is 1. The lowest BCUT2D eigenvalue weighted by Gasteiger charge is -2.27. The number of hydrogen-bond acceptors (Lipinski definition) is 7. The number of aromatic nitrogens is 2. The number of nitrogens with zero attached hydrogens (tertiary/aromatic N) is 3. The highest BCUT2D eigenvalue weighted by atomic mass is 127. The van der Waals surface area contributed by atoms with Crippen molar-refractivity contribution in [2.24, 2.45) is 0 Å². The summed E-state index contributed by atoms with van der Waals surface area (Å²) in [5.74, 6) is 0.487. The normalized spacial score (nSPS) is 20.0. The molecule has 2 aliphatic rings. The summed E-state index contributed by atoms with van der Waals surface area (Å²) in [5.41, 5.74) is 2.05. The number of halogens is 2. The Morgan fingerprint density at radius 3 is 2.77 bits per heavy atom. The summed E-state index contributed by atoms with van der Waals surface area (Å²) in [5, 5.41) is 4.18. The van der Waals surface area contributed by atoms with Crippen LogP contribution in [0.15, 0.2) is 36.7 Å². The largest absolute Gasteiger partial charge is 0.454 e. The third kappa shape index (κ3) is 4.30. The smallest absolute Gasteiger partial charge is 0.268 e. The maximum Gasteiger partial charge on any atom is 0.268 e. The van der Waals surface area contributed by atoms with Gasteiger partial charge in [-0.1, -0.05) is 0 Å². The topological polar surface area (TPSA) is 102 Å². The summed E-state index contributed by atoms with van der Waals surface area (Å²) in [6.45, 7) is 4.80. The van der Waals surface area contributed by atoms with Crippen LogP contribution in [-0.2, 0) is 10.0 Å². The molecule has 0 bridgehead atoms. The van der Waals surface area contributed by atoms with Gasteiger partial charge in [-0.25, -0.2) is 22.0 Å². The number of anilines is 1. The first-order valence-electron chi connectivity index (χ1n) is 11.0. The molecule has 186 valence electrons. The minimum atomic E-state index is -3.90. The zero-order valence-electron chi connectivity index (χ0n) is 19.3. The predicted octanol–water partition coefficient (Wildman–Crippen LogP) is 3.82. The number of hydrogen-bond donors (Lipinski definition) is 1. The molecule has 0 spiro atoms. The van der Waals surface area contributed by atoms with Gasteiger partial charge in [0.25, 0.3) is 5.91 Å². The molecule has 5 rings (SSSR count). The Kier molecular flexibility index (Phi) is 5.86. The van der Waals surface area contributed by atoms with Gasteiger partial charge in [0.15, 0.2) is 11.5 Å². The van der Waals surface area contributed by atoms with Gasteiger partial charge in [-0.15, -0.1) is 0 Å². The minimum absolute atomic E-state index is 0.110. The number of carbonyl (C=O) groups excluding carboxylic acids is 1. The zero-order valence-corrected chi connectivity index (χ0v) is 22.3. The first-order chi connectivity index (χ1) is 16.4. The Bertz CT molecular complexity index is 1440. The second kappa shape index (κ2) is 8.50. The van der Waals surface area contributed by atoms with Crippen LogP contribution in [0.5, 0.6) is 11.5 Å². The van der Waals surface area contributed by atoms with E-state index >= 15 is 0 Å². The molecule has 0 saturated carbocycles. The second-order valence-electron chi connectivity index (χ2n) is 9.55. The first kappa shape index (κ1) is 24.1. The van der Waals surface area contributed by atoms with Gasteiger partial charge >= 0.3 is 0 Å². The predicted molar refractivity (Wildman–Crippen MR) is 136 cm³/mol. The van der Waals surface area contributed by atoms with Crippen molar-refractivity contribution in [3.63, 3.8) is 0 Å². The van der Waals surface area contributed by atoms with Crippen molar-refractivity contribution in [2.45, 2.75) is 44.2 Å². The van der Waals surface area contributed by atoms with Crippen LogP contribution in [0.1, 0.15) is 49.2 Å². The minimum Gasteiger partial charge on any atom is -0.454 e. The molecule has 2 aliphatic heterocycles. The second-order valence-corrected chi connectivity index (χ2v) is 13.2. The van der Waals surface area contributed by atoms with E-state index in [-0.39, 0.29) is 31.4 Å². The molecule has 9 nitrogen and oxygen atoms in total. The van der Waals surface area contributed by atoms with Crippen LogP contribution >= 0.6 is 22.6 Å². The van der Waals surface area contributed by atoms with Crippen LogP contribution in [0, 0.1) is 3.57 Å². The SMILES string of the molecule is CC(C)(C)S(=O)(=O)NC(=O)c1cnn2ccc(N3C[C@@H](F)CC3c3cc(I)cc4c3OCO4)cc12. The number of amides is 1. The Morgan fingerprint density at radius 1 is 1.26 bits per heavy atom. The van der Waals surface area contributed by atoms with Crippen molar-refractivity contribution in [3.05, 3.63) is 51.4 Å². The maximum absolute atomic E-state index is 14.7. The van der Waals surface area contributed by atoms with Crippen molar-refractivity contribution >= 4 is 49.7 Å². The number of pyridine rings is 1. The van der Waals surface area contributed by atoms with Gasteiger partial charge in [-0.3, -0.25) is 4.79 Å². The number of rotatable bonds is 4.